The lowest BCUT2D eigenvalue weighted by Gasteiger charge is -2.43. The highest BCUT2D eigenvalue weighted by Gasteiger charge is 2.55. The fourth-order valence-corrected chi connectivity index (χ4v) is 5.35. The summed E-state index contributed by atoms with van der Waals surface area (Å²) < 4.78 is 28.1. The molecule has 1 N–H and O–H groups in total. The third-order valence-corrected chi connectivity index (χ3v) is 7.68. The average molecular weight is 535 g/mol. The topological polar surface area (TPSA) is 93.0 Å². The van der Waals surface area contributed by atoms with Gasteiger partial charge in [0.25, 0.3) is 11.8 Å². The first kappa shape index (κ1) is 22.7. The van der Waals surface area contributed by atoms with Crippen LogP contribution in [0.4, 0.5) is 8.78 Å². The van der Waals surface area contributed by atoms with Gasteiger partial charge in [0.15, 0.2) is 11.0 Å². The Bertz CT molecular complexity index is 1280. The molecule has 3 atom stereocenters. The Kier molecular flexibility index (Phi) is 5.34. The largest absolute Gasteiger partial charge is 0.387 e. The Morgan fingerprint density at radius 3 is 2.79 bits per heavy atom. The van der Waals surface area contributed by atoms with Crippen LogP contribution in [0.25, 0.3) is 0 Å². The van der Waals surface area contributed by atoms with Crippen molar-refractivity contribution in [2.24, 2.45) is 5.16 Å². The number of nitrogens with one attached hydrogen (secondary N) is 1. The molecule has 11 heteroatoms. The zero-order chi connectivity index (χ0) is 24.3. The summed E-state index contributed by atoms with van der Waals surface area (Å²) in [5.74, 6) is -2.58. The first-order chi connectivity index (χ1) is 16.1. The standard InChI is InChI=1S/C23H21BrF2N4O4/c1-22(24)4-5-23(6-7-28-34-23)19-12-30(22)21(33)17-9-18(31)15(11-29(17)19)20(32)27-10-13-2-3-14(25)8-16(13)26/h2-3,7-9,11,19H,4-6,10,12H2,1H3,(H,27,32). The summed E-state index contributed by atoms with van der Waals surface area (Å²) in [6.45, 7) is 1.98. The molecular formula is C23H21BrF2N4O4. The summed E-state index contributed by atoms with van der Waals surface area (Å²) in [6.07, 6.45) is 4.78. The molecule has 8 nitrogen and oxygen atoms in total. The minimum atomic E-state index is -0.801. The van der Waals surface area contributed by atoms with Crippen LogP contribution in [0, 0.1) is 11.6 Å². The van der Waals surface area contributed by atoms with E-state index in [0.29, 0.717) is 25.8 Å². The molecule has 1 fully saturated rings. The number of hydrogen-bond acceptors (Lipinski definition) is 5. The van der Waals surface area contributed by atoms with Gasteiger partial charge in [0.2, 0.25) is 0 Å². The second kappa shape index (κ2) is 8.00. The van der Waals surface area contributed by atoms with Crippen molar-refractivity contribution < 1.29 is 23.2 Å². The van der Waals surface area contributed by atoms with Gasteiger partial charge in [0, 0.05) is 49.6 Å². The summed E-state index contributed by atoms with van der Waals surface area (Å²) in [5, 5.41) is 6.48. The number of pyridine rings is 1. The van der Waals surface area contributed by atoms with Gasteiger partial charge >= 0.3 is 0 Å². The first-order valence-electron chi connectivity index (χ1n) is 10.8. The van der Waals surface area contributed by atoms with E-state index in [-0.39, 0.29) is 35.3 Å². The van der Waals surface area contributed by atoms with Crippen molar-refractivity contribution in [1.82, 2.24) is 14.8 Å². The van der Waals surface area contributed by atoms with Gasteiger partial charge in [0.05, 0.1) is 10.5 Å². The number of oxime groups is 1. The molecule has 3 unspecified atom stereocenters. The van der Waals surface area contributed by atoms with Crippen molar-refractivity contribution >= 4 is 34.0 Å². The number of rotatable bonds is 3. The fourth-order valence-electron chi connectivity index (χ4n) is 4.85. The van der Waals surface area contributed by atoms with E-state index in [1.807, 2.05) is 6.92 Å². The van der Waals surface area contributed by atoms with Crippen LogP contribution in [0.15, 0.2) is 40.4 Å². The summed E-state index contributed by atoms with van der Waals surface area (Å²) in [5.41, 5.74) is -1.31. The number of alkyl halides is 1. The van der Waals surface area contributed by atoms with E-state index in [4.69, 9.17) is 4.84 Å². The molecule has 2 amide bonds. The summed E-state index contributed by atoms with van der Waals surface area (Å²) >= 11 is 3.67. The van der Waals surface area contributed by atoms with Crippen LogP contribution in [-0.2, 0) is 11.4 Å². The van der Waals surface area contributed by atoms with Crippen molar-refractivity contribution in [1.29, 1.82) is 0 Å². The van der Waals surface area contributed by atoms with Gasteiger partial charge in [-0.25, -0.2) is 8.78 Å². The molecule has 1 saturated heterocycles. The van der Waals surface area contributed by atoms with Gasteiger partial charge in [-0.3, -0.25) is 14.4 Å². The maximum absolute atomic E-state index is 13.9. The van der Waals surface area contributed by atoms with Gasteiger partial charge in [-0.05, 0) is 25.8 Å². The molecule has 0 aliphatic carbocycles. The van der Waals surface area contributed by atoms with Crippen LogP contribution in [0.5, 0.6) is 0 Å². The molecule has 5 rings (SSSR count). The molecule has 34 heavy (non-hydrogen) atoms. The fraction of sp³-hybridized carbons (Fsp3) is 0.391. The van der Waals surface area contributed by atoms with Gasteiger partial charge < -0.3 is 19.6 Å². The van der Waals surface area contributed by atoms with Crippen LogP contribution >= 0.6 is 15.9 Å². The molecular weight excluding hydrogens is 514 g/mol. The van der Waals surface area contributed by atoms with E-state index in [1.54, 1.807) is 15.7 Å². The Morgan fingerprint density at radius 2 is 2.09 bits per heavy atom. The molecule has 1 aromatic heterocycles. The quantitative estimate of drug-likeness (QED) is 0.483. The SMILES string of the molecule is CC1(Br)CCC2(CC=NO2)C2CN1C(=O)c1cc(=O)c(C(=O)NCc3ccc(F)cc3F)cn12. The zero-order valence-electron chi connectivity index (χ0n) is 18.2. The molecule has 0 saturated carbocycles. The summed E-state index contributed by atoms with van der Waals surface area (Å²) in [7, 11) is 0. The van der Waals surface area contributed by atoms with Gasteiger partial charge in [-0.15, -0.1) is 0 Å². The van der Waals surface area contributed by atoms with E-state index >= 15 is 0 Å². The molecule has 3 aliphatic heterocycles. The average Bonchev–Trinajstić information content (AvgIpc) is 3.23. The highest BCUT2D eigenvalue weighted by Crippen LogP contribution is 2.48. The van der Waals surface area contributed by atoms with Crippen molar-refractivity contribution in [2.75, 3.05) is 6.54 Å². The molecule has 1 aromatic carbocycles. The molecule has 178 valence electrons. The molecule has 4 heterocycles. The van der Waals surface area contributed by atoms with E-state index in [0.717, 1.165) is 18.2 Å². The van der Waals surface area contributed by atoms with Gasteiger partial charge in [-0.2, -0.15) is 0 Å². The number of hydrogen-bond donors (Lipinski definition) is 1. The maximum Gasteiger partial charge on any atom is 0.271 e. The normalized spacial score (nSPS) is 27.4. The predicted molar refractivity (Wildman–Crippen MR) is 122 cm³/mol. The van der Waals surface area contributed by atoms with Crippen molar-refractivity contribution in [2.45, 2.75) is 48.8 Å². The van der Waals surface area contributed by atoms with Crippen LogP contribution in [0.2, 0.25) is 0 Å². The number of nitrogens with zero attached hydrogens (tertiary/aromatic N) is 3. The molecule has 0 radical (unpaired) electrons. The number of fused-ring (bicyclic) bond motifs is 5. The van der Waals surface area contributed by atoms with Crippen LogP contribution in [-0.4, -0.2) is 44.1 Å². The van der Waals surface area contributed by atoms with E-state index < -0.39 is 33.0 Å². The van der Waals surface area contributed by atoms with Crippen molar-refractivity contribution in [3.63, 3.8) is 0 Å². The second-order valence-electron chi connectivity index (χ2n) is 8.98. The number of aromatic nitrogens is 1. The monoisotopic (exact) mass is 534 g/mol. The number of benzene rings is 1. The smallest absolute Gasteiger partial charge is 0.271 e. The first-order valence-corrected chi connectivity index (χ1v) is 11.6. The number of carbonyl (C=O) groups is 2. The lowest BCUT2D eigenvalue weighted by molar-refractivity contribution is -0.0654. The molecule has 2 bridgehead atoms. The Balaban J connectivity index is 1.51. The lowest BCUT2D eigenvalue weighted by atomic mass is 9.86. The maximum atomic E-state index is 13.9. The van der Waals surface area contributed by atoms with E-state index in [9.17, 15) is 23.2 Å². The summed E-state index contributed by atoms with van der Waals surface area (Å²) in [4.78, 5) is 46.5. The van der Waals surface area contributed by atoms with Crippen LogP contribution in [0.3, 0.4) is 0 Å². The Morgan fingerprint density at radius 1 is 1.29 bits per heavy atom. The highest BCUT2D eigenvalue weighted by atomic mass is 79.9. The molecule has 2 aromatic rings. The summed E-state index contributed by atoms with van der Waals surface area (Å²) in [6, 6.07) is 3.81. The van der Waals surface area contributed by atoms with E-state index in [1.165, 1.54) is 12.3 Å². The van der Waals surface area contributed by atoms with Gasteiger partial charge in [0.1, 0.15) is 22.9 Å². The number of halogens is 3. The van der Waals surface area contributed by atoms with Gasteiger partial charge in [-0.1, -0.05) is 27.2 Å². The predicted octanol–water partition coefficient (Wildman–Crippen LogP) is 3.10. The minimum Gasteiger partial charge on any atom is -0.387 e. The zero-order valence-corrected chi connectivity index (χ0v) is 19.8. The number of amides is 2. The molecule has 3 aliphatic rings. The third-order valence-electron chi connectivity index (χ3n) is 6.85. The van der Waals surface area contributed by atoms with Crippen molar-refractivity contribution in [3.8, 4) is 0 Å². The third kappa shape index (κ3) is 3.62. The lowest BCUT2D eigenvalue weighted by Crippen LogP contribution is -2.54. The van der Waals surface area contributed by atoms with E-state index in [2.05, 4.69) is 26.4 Å². The highest BCUT2D eigenvalue weighted by molar-refractivity contribution is 9.10. The van der Waals surface area contributed by atoms with Crippen LogP contribution < -0.4 is 10.7 Å². The number of carbonyl (C=O) groups excluding carboxylic acids is 2. The second-order valence-corrected chi connectivity index (χ2v) is 10.7. The van der Waals surface area contributed by atoms with Crippen molar-refractivity contribution in [3.05, 3.63) is 69.1 Å². The Labute approximate surface area is 201 Å². The minimum absolute atomic E-state index is 0.0782. The Hall–Kier alpha value is -3.08. The molecule has 1 spiro atoms. The van der Waals surface area contributed by atoms with Crippen LogP contribution in [0.1, 0.15) is 58.6 Å².